The van der Waals surface area contributed by atoms with Crippen molar-refractivity contribution in [1.82, 2.24) is 9.62 Å². The van der Waals surface area contributed by atoms with E-state index < -0.39 is 5.97 Å². The smallest absolute Gasteiger partial charge is 0.328 e. The molecule has 5 nitrogen and oxygen atoms in total. The van der Waals surface area contributed by atoms with Crippen LogP contribution in [0, 0.1) is 0 Å². The molecule has 0 saturated heterocycles. The number of nitrogens with one attached hydrogen (secondary N) is 1. The van der Waals surface area contributed by atoms with E-state index in [4.69, 9.17) is 0 Å². The van der Waals surface area contributed by atoms with Crippen molar-refractivity contribution in [3.63, 3.8) is 0 Å². The Bertz CT molecular complexity index is 278. The van der Waals surface area contributed by atoms with Gasteiger partial charge in [-0.15, -0.1) is 0 Å². The molecule has 0 radical (unpaired) electrons. The molecule has 78 valence electrons. The number of rotatable bonds is 2. The highest BCUT2D eigenvalue weighted by Gasteiger charge is 2.18. The number of methoxy groups -OCH3 is 1. The molecule has 0 aromatic rings. The van der Waals surface area contributed by atoms with Gasteiger partial charge in [-0.25, -0.2) is 4.79 Å². The summed E-state index contributed by atoms with van der Waals surface area (Å²) in [6.45, 7) is 2.41. The van der Waals surface area contributed by atoms with E-state index in [1.807, 2.05) is 13.0 Å². The summed E-state index contributed by atoms with van der Waals surface area (Å²) in [5.41, 5.74) is 0. The maximum Gasteiger partial charge on any atom is 0.328 e. The zero-order chi connectivity index (χ0) is 10.6. The first kappa shape index (κ1) is 10.9. The number of ether oxygens (including phenoxy) is 1. The zero-order valence-electron chi connectivity index (χ0n) is 8.07. The second-order valence-corrected chi connectivity index (χ2v) is 3.97. The van der Waals surface area contributed by atoms with E-state index in [1.165, 1.54) is 23.4 Å². The maximum atomic E-state index is 11.4. The summed E-state index contributed by atoms with van der Waals surface area (Å²) in [5.74, 6) is -0.452. The molecular formula is C8H12N2O3S. The zero-order valence-corrected chi connectivity index (χ0v) is 8.89. The van der Waals surface area contributed by atoms with Crippen LogP contribution in [0.15, 0.2) is 11.0 Å². The molecule has 0 aliphatic carbocycles. The van der Waals surface area contributed by atoms with Crippen molar-refractivity contribution in [2.45, 2.75) is 6.92 Å². The number of esters is 1. The molecule has 1 N–H and O–H groups in total. The maximum absolute atomic E-state index is 11.4. The summed E-state index contributed by atoms with van der Waals surface area (Å²) in [7, 11) is 1.28. The molecule has 0 saturated carbocycles. The van der Waals surface area contributed by atoms with Crippen molar-refractivity contribution in [2.75, 3.05) is 20.2 Å². The van der Waals surface area contributed by atoms with Crippen molar-refractivity contribution in [3.05, 3.63) is 11.0 Å². The molecule has 0 bridgehead atoms. The number of carbonyl (C=O) groups is 2. The Labute approximate surface area is 86.6 Å². The molecule has 1 aliphatic heterocycles. The van der Waals surface area contributed by atoms with Gasteiger partial charge in [0.25, 0.3) is 0 Å². The normalized spacial score (nSPS) is 15.0. The van der Waals surface area contributed by atoms with Gasteiger partial charge in [0.15, 0.2) is 0 Å². The Morgan fingerprint density at radius 3 is 2.93 bits per heavy atom. The van der Waals surface area contributed by atoms with Gasteiger partial charge in [-0.3, -0.25) is 9.10 Å². The van der Waals surface area contributed by atoms with Crippen molar-refractivity contribution < 1.29 is 14.3 Å². The molecule has 0 spiro atoms. The lowest BCUT2D eigenvalue weighted by atomic mass is 10.5. The fraction of sp³-hybridized carbons (Fsp3) is 0.500. The summed E-state index contributed by atoms with van der Waals surface area (Å²) in [4.78, 5) is 23.2. The average molecular weight is 216 g/mol. The first-order valence-corrected chi connectivity index (χ1v) is 4.87. The van der Waals surface area contributed by atoms with Crippen molar-refractivity contribution >= 4 is 23.9 Å². The highest BCUT2D eigenvalue weighted by molar-refractivity contribution is 8.01. The van der Waals surface area contributed by atoms with Crippen LogP contribution in [0.3, 0.4) is 0 Å². The SMILES string of the molecule is COC(=O)CNC(=O)N1CC=C(C)S1. The molecule has 0 atom stereocenters. The van der Waals surface area contributed by atoms with Gasteiger partial charge < -0.3 is 10.1 Å². The van der Waals surface area contributed by atoms with Crippen LogP contribution < -0.4 is 5.32 Å². The molecule has 1 heterocycles. The van der Waals surface area contributed by atoms with E-state index in [0.717, 1.165) is 4.91 Å². The second-order valence-electron chi connectivity index (χ2n) is 2.70. The van der Waals surface area contributed by atoms with Crippen molar-refractivity contribution in [1.29, 1.82) is 0 Å². The standard InChI is InChI=1S/C8H12N2O3S/c1-6-3-4-10(14-6)8(12)9-5-7(11)13-2/h3H,4-5H2,1-2H3,(H,9,12). The lowest BCUT2D eigenvalue weighted by Gasteiger charge is -2.14. The minimum absolute atomic E-state index is 0.0918. The van der Waals surface area contributed by atoms with Crippen molar-refractivity contribution in [3.8, 4) is 0 Å². The molecule has 1 rings (SSSR count). The molecule has 2 amide bonds. The largest absolute Gasteiger partial charge is 0.468 e. The van der Waals surface area contributed by atoms with Crippen LogP contribution in [0.5, 0.6) is 0 Å². The van der Waals surface area contributed by atoms with E-state index in [9.17, 15) is 9.59 Å². The summed E-state index contributed by atoms with van der Waals surface area (Å²) < 4.78 is 5.93. The third-order valence-electron chi connectivity index (χ3n) is 1.64. The lowest BCUT2D eigenvalue weighted by molar-refractivity contribution is -0.139. The number of hydrogen-bond donors (Lipinski definition) is 1. The second kappa shape index (κ2) is 4.90. The van der Waals surface area contributed by atoms with Gasteiger partial charge in [-0.2, -0.15) is 0 Å². The molecule has 0 aromatic heterocycles. The van der Waals surface area contributed by atoms with Crippen LogP contribution in [0.4, 0.5) is 4.79 Å². The van der Waals surface area contributed by atoms with Crippen molar-refractivity contribution in [2.24, 2.45) is 0 Å². The van der Waals surface area contributed by atoms with E-state index >= 15 is 0 Å². The number of amides is 2. The summed E-state index contributed by atoms with van der Waals surface area (Å²) in [5, 5.41) is 2.45. The molecule has 0 unspecified atom stereocenters. The van der Waals surface area contributed by atoms with E-state index in [-0.39, 0.29) is 12.6 Å². The Morgan fingerprint density at radius 2 is 2.43 bits per heavy atom. The van der Waals surface area contributed by atoms with Gasteiger partial charge in [0, 0.05) is 4.91 Å². The quantitative estimate of drug-likeness (QED) is 0.546. The third kappa shape index (κ3) is 2.95. The van der Waals surface area contributed by atoms with Gasteiger partial charge in [-0.1, -0.05) is 6.08 Å². The van der Waals surface area contributed by atoms with Crippen LogP contribution in [-0.2, 0) is 9.53 Å². The number of hydrogen-bond acceptors (Lipinski definition) is 4. The fourth-order valence-corrected chi connectivity index (χ4v) is 1.69. The minimum atomic E-state index is -0.452. The highest BCUT2D eigenvalue weighted by atomic mass is 32.2. The molecular weight excluding hydrogens is 204 g/mol. The topological polar surface area (TPSA) is 58.6 Å². The number of allylic oxidation sites excluding steroid dienone is 1. The van der Waals surface area contributed by atoms with E-state index in [2.05, 4.69) is 10.1 Å². The minimum Gasteiger partial charge on any atom is -0.468 e. The predicted octanol–water partition coefficient (Wildman–Crippen LogP) is 0.737. The van der Waals surface area contributed by atoms with Crippen LogP contribution in [-0.4, -0.2) is 36.5 Å². The highest BCUT2D eigenvalue weighted by Crippen LogP contribution is 2.26. The molecule has 0 fully saturated rings. The number of urea groups is 1. The van der Waals surface area contributed by atoms with Gasteiger partial charge in [-0.05, 0) is 18.9 Å². The van der Waals surface area contributed by atoms with Crippen LogP contribution in [0.25, 0.3) is 0 Å². The number of carbonyl (C=O) groups excluding carboxylic acids is 2. The van der Waals surface area contributed by atoms with Gasteiger partial charge in [0.1, 0.15) is 6.54 Å². The van der Waals surface area contributed by atoms with Crippen LogP contribution in [0.2, 0.25) is 0 Å². The molecule has 0 aromatic carbocycles. The average Bonchev–Trinajstić information content (AvgIpc) is 2.60. The van der Waals surface area contributed by atoms with E-state index in [0.29, 0.717) is 6.54 Å². The summed E-state index contributed by atoms with van der Waals surface area (Å²) in [6.07, 6.45) is 1.95. The first-order chi connectivity index (χ1) is 6.63. The monoisotopic (exact) mass is 216 g/mol. The van der Waals surface area contributed by atoms with Gasteiger partial charge in [0.05, 0.1) is 13.7 Å². The van der Waals surface area contributed by atoms with Crippen LogP contribution >= 0.6 is 11.9 Å². The van der Waals surface area contributed by atoms with Gasteiger partial charge in [0.2, 0.25) is 0 Å². The fourth-order valence-electron chi connectivity index (χ4n) is 0.892. The Kier molecular flexibility index (Phi) is 3.82. The number of nitrogens with zero attached hydrogens (tertiary/aromatic N) is 1. The summed E-state index contributed by atoms with van der Waals surface area (Å²) >= 11 is 1.36. The molecule has 1 aliphatic rings. The summed E-state index contributed by atoms with van der Waals surface area (Å²) in [6, 6.07) is -0.270. The Hall–Kier alpha value is -1.17. The predicted molar refractivity (Wildman–Crippen MR) is 53.5 cm³/mol. The third-order valence-corrected chi connectivity index (χ3v) is 2.63. The molecule has 14 heavy (non-hydrogen) atoms. The molecule has 6 heteroatoms. The van der Waals surface area contributed by atoms with E-state index in [1.54, 1.807) is 0 Å². The first-order valence-electron chi connectivity index (χ1n) is 4.10. The van der Waals surface area contributed by atoms with Gasteiger partial charge >= 0.3 is 12.0 Å². The lowest BCUT2D eigenvalue weighted by Crippen LogP contribution is -2.37. The van der Waals surface area contributed by atoms with Crippen LogP contribution in [0.1, 0.15) is 6.92 Å². The Morgan fingerprint density at radius 1 is 1.71 bits per heavy atom. The Balaban J connectivity index is 2.26.